The van der Waals surface area contributed by atoms with Gasteiger partial charge in [0.2, 0.25) is 0 Å². The lowest BCUT2D eigenvalue weighted by Gasteiger charge is -2.29. The van der Waals surface area contributed by atoms with E-state index in [2.05, 4.69) is 10.6 Å². The molecule has 4 nitrogen and oxygen atoms in total. The summed E-state index contributed by atoms with van der Waals surface area (Å²) in [4.78, 5) is 11.7. The van der Waals surface area contributed by atoms with Crippen LogP contribution in [0.3, 0.4) is 0 Å². The molecule has 1 aromatic carbocycles. The fourth-order valence-electron chi connectivity index (χ4n) is 1.50. The lowest BCUT2D eigenvalue weighted by molar-refractivity contribution is 0.0478. The van der Waals surface area contributed by atoms with Gasteiger partial charge in [0.25, 0.3) is 0 Å². The van der Waals surface area contributed by atoms with E-state index in [4.69, 9.17) is 4.74 Å². The van der Waals surface area contributed by atoms with Gasteiger partial charge in [-0.05, 0) is 46.8 Å². The largest absolute Gasteiger partial charge is 0.444 e. The quantitative estimate of drug-likeness (QED) is 0.876. The summed E-state index contributed by atoms with van der Waals surface area (Å²) in [5, 5.41) is 6.14. The van der Waals surface area contributed by atoms with Gasteiger partial charge in [0.15, 0.2) is 0 Å². The molecule has 0 aromatic heterocycles. The van der Waals surface area contributed by atoms with Crippen LogP contribution in [0.15, 0.2) is 30.3 Å². The minimum Gasteiger partial charge on any atom is -0.444 e. The Morgan fingerprint density at radius 2 is 1.68 bits per heavy atom. The highest BCUT2D eigenvalue weighted by Crippen LogP contribution is 2.11. The van der Waals surface area contributed by atoms with Gasteiger partial charge in [-0.2, -0.15) is 0 Å². The summed E-state index contributed by atoms with van der Waals surface area (Å²) < 4.78 is 5.25. The Morgan fingerprint density at radius 3 is 2.21 bits per heavy atom. The maximum absolute atomic E-state index is 11.7. The van der Waals surface area contributed by atoms with Crippen molar-refractivity contribution < 1.29 is 9.53 Å². The van der Waals surface area contributed by atoms with Gasteiger partial charge < -0.3 is 15.4 Å². The summed E-state index contributed by atoms with van der Waals surface area (Å²) in [5.74, 6) is 0. The zero-order chi connectivity index (χ0) is 14.5. The Balaban J connectivity index is 2.45. The van der Waals surface area contributed by atoms with Crippen molar-refractivity contribution in [3.05, 3.63) is 30.3 Å². The molecule has 0 unspecified atom stereocenters. The number of carbonyl (C=O) groups excluding carboxylic acids is 1. The molecule has 0 aliphatic rings. The fraction of sp³-hybridized carbons (Fsp3) is 0.533. The molecule has 0 aliphatic heterocycles. The Labute approximate surface area is 115 Å². The van der Waals surface area contributed by atoms with E-state index < -0.39 is 17.2 Å². The highest BCUT2D eigenvalue weighted by atomic mass is 16.6. The second-order valence-corrected chi connectivity index (χ2v) is 6.23. The van der Waals surface area contributed by atoms with Crippen molar-refractivity contribution in [2.24, 2.45) is 0 Å². The third-order valence-electron chi connectivity index (χ3n) is 2.35. The van der Waals surface area contributed by atoms with Gasteiger partial charge in [0.05, 0.1) is 5.54 Å². The summed E-state index contributed by atoms with van der Waals surface area (Å²) in [5.41, 5.74) is 0.159. The molecule has 0 fully saturated rings. The number of ether oxygens (including phenoxy) is 1. The highest BCUT2D eigenvalue weighted by molar-refractivity contribution is 5.68. The molecule has 4 heteroatoms. The zero-order valence-electron chi connectivity index (χ0n) is 12.4. The molecule has 0 atom stereocenters. The first-order valence-corrected chi connectivity index (χ1v) is 6.48. The molecule has 19 heavy (non-hydrogen) atoms. The molecule has 0 radical (unpaired) electrons. The Bertz CT molecular complexity index is 408. The van der Waals surface area contributed by atoms with Gasteiger partial charge in [0, 0.05) is 12.2 Å². The highest BCUT2D eigenvalue weighted by Gasteiger charge is 2.24. The smallest absolute Gasteiger partial charge is 0.408 e. The van der Waals surface area contributed by atoms with Crippen LogP contribution in [0.1, 0.15) is 34.6 Å². The molecule has 0 bridgehead atoms. The van der Waals surface area contributed by atoms with Crippen molar-refractivity contribution in [1.29, 1.82) is 0 Å². The van der Waals surface area contributed by atoms with Crippen LogP contribution in [0, 0.1) is 0 Å². The van der Waals surface area contributed by atoms with Gasteiger partial charge >= 0.3 is 6.09 Å². The lowest BCUT2D eigenvalue weighted by Crippen LogP contribution is -2.49. The molecular weight excluding hydrogens is 240 g/mol. The van der Waals surface area contributed by atoms with Crippen LogP contribution in [-0.4, -0.2) is 23.8 Å². The van der Waals surface area contributed by atoms with Crippen LogP contribution in [0.2, 0.25) is 0 Å². The minimum absolute atomic E-state index is 0.391. The maximum atomic E-state index is 11.7. The van der Waals surface area contributed by atoms with Gasteiger partial charge in [-0.15, -0.1) is 0 Å². The van der Waals surface area contributed by atoms with Crippen molar-refractivity contribution in [2.75, 3.05) is 11.9 Å². The first-order valence-electron chi connectivity index (χ1n) is 6.48. The Hall–Kier alpha value is -1.71. The number of hydrogen-bond donors (Lipinski definition) is 2. The number of hydrogen-bond acceptors (Lipinski definition) is 3. The van der Waals surface area contributed by atoms with Crippen LogP contribution >= 0.6 is 0 Å². The molecule has 0 saturated heterocycles. The molecule has 0 aliphatic carbocycles. The van der Waals surface area contributed by atoms with Crippen molar-refractivity contribution in [3.8, 4) is 0 Å². The van der Waals surface area contributed by atoms with Gasteiger partial charge in [0.1, 0.15) is 5.60 Å². The summed E-state index contributed by atoms with van der Waals surface area (Å²) >= 11 is 0. The monoisotopic (exact) mass is 264 g/mol. The number of amides is 1. The molecule has 106 valence electrons. The number of rotatable bonds is 4. The summed E-state index contributed by atoms with van der Waals surface area (Å²) in [6.07, 6.45) is -0.396. The lowest BCUT2D eigenvalue weighted by atomic mass is 10.1. The predicted octanol–water partition coefficient (Wildman–Crippen LogP) is 3.40. The number of benzene rings is 1. The normalized spacial score (nSPS) is 11.8. The van der Waals surface area contributed by atoms with E-state index in [0.29, 0.717) is 6.54 Å². The van der Waals surface area contributed by atoms with Crippen LogP contribution in [0.25, 0.3) is 0 Å². The van der Waals surface area contributed by atoms with E-state index in [1.165, 1.54) is 0 Å². The number of alkyl carbamates (subject to hydrolysis) is 1. The predicted molar refractivity (Wildman–Crippen MR) is 78.4 cm³/mol. The van der Waals surface area contributed by atoms with Gasteiger partial charge in [-0.25, -0.2) is 4.79 Å². The second-order valence-electron chi connectivity index (χ2n) is 6.23. The average molecular weight is 264 g/mol. The molecule has 1 rings (SSSR count). The van der Waals surface area contributed by atoms with E-state index in [0.717, 1.165) is 5.69 Å². The van der Waals surface area contributed by atoms with Crippen molar-refractivity contribution in [1.82, 2.24) is 5.32 Å². The number of nitrogens with one attached hydrogen (secondary N) is 2. The molecule has 0 heterocycles. The van der Waals surface area contributed by atoms with E-state index >= 15 is 0 Å². The number of carbonyl (C=O) groups is 1. The van der Waals surface area contributed by atoms with Crippen LogP contribution in [0.4, 0.5) is 10.5 Å². The topological polar surface area (TPSA) is 50.4 Å². The summed E-state index contributed by atoms with van der Waals surface area (Å²) in [6, 6.07) is 9.88. The van der Waals surface area contributed by atoms with Crippen LogP contribution in [0.5, 0.6) is 0 Å². The molecule has 1 amide bonds. The number of para-hydroxylation sites is 1. The van der Waals surface area contributed by atoms with Gasteiger partial charge in [-0.3, -0.25) is 0 Å². The van der Waals surface area contributed by atoms with Crippen LogP contribution < -0.4 is 10.6 Å². The Morgan fingerprint density at radius 1 is 1.11 bits per heavy atom. The van der Waals surface area contributed by atoms with Crippen LogP contribution in [-0.2, 0) is 4.74 Å². The SMILES string of the molecule is CC(C)(CNc1ccccc1)NC(=O)OC(C)(C)C. The third kappa shape index (κ3) is 6.70. The third-order valence-corrected chi connectivity index (χ3v) is 2.35. The van der Waals surface area contributed by atoms with Crippen molar-refractivity contribution >= 4 is 11.8 Å². The first kappa shape index (κ1) is 15.3. The number of anilines is 1. The zero-order valence-corrected chi connectivity index (χ0v) is 12.4. The first-order chi connectivity index (χ1) is 8.68. The molecule has 1 aromatic rings. The van der Waals surface area contributed by atoms with E-state index in [9.17, 15) is 4.79 Å². The van der Waals surface area contributed by atoms with E-state index in [1.54, 1.807) is 0 Å². The molecular formula is C15H24N2O2. The second kappa shape index (κ2) is 5.95. The van der Waals surface area contributed by atoms with Crippen molar-refractivity contribution in [2.45, 2.75) is 45.8 Å². The minimum atomic E-state index is -0.479. The fourth-order valence-corrected chi connectivity index (χ4v) is 1.50. The van der Waals surface area contributed by atoms with Crippen molar-refractivity contribution in [3.63, 3.8) is 0 Å². The van der Waals surface area contributed by atoms with E-state index in [1.807, 2.05) is 65.0 Å². The molecule has 0 saturated carbocycles. The molecule has 0 spiro atoms. The standard InChI is InChI=1S/C15H24N2O2/c1-14(2,3)19-13(18)17-15(4,5)11-16-12-9-7-6-8-10-12/h6-10,16H,11H2,1-5H3,(H,17,18). The average Bonchev–Trinajstić information content (AvgIpc) is 2.24. The van der Waals surface area contributed by atoms with E-state index in [-0.39, 0.29) is 0 Å². The summed E-state index contributed by atoms with van der Waals surface area (Å²) in [7, 11) is 0. The summed E-state index contributed by atoms with van der Waals surface area (Å²) in [6.45, 7) is 10.1. The Kier molecular flexibility index (Phi) is 4.81. The molecule has 2 N–H and O–H groups in total. The van der Waals surface area contributed by atoms with Gasteiger partial charge in [-0.1, -0.05) is 18.2 Å². The maximum Gasteiger partial charge on any atom is 0.408 e.